The van der Waals surface area contributed by atoms with Gasteiger partial charge in [0.2, 0.25) is 0 Å². The number of rotatable bonds is 8. The molecule has 1 aliphatic rings. The monoisotopic (exact) mass is 452 g/mol. The van der Waals surface area contributed by atoms with Gasteiger partial charge in [0.25, 0.3) is 0 Å². The van der Waals surface area contributed by atoms with Gasteiger partial charge in [-0.05, 0) is 35.4 Å². The van der Waals surface area contributed by atoms with Crippen molar-refractivity contribution in [3.8, 4) is 0 Å². The van der Waals surface area contributed by atoms with Crippen LogP contribution in [0.5, 0.6) is 0 Å². The Morgan fingerprint density at radius 2 is 1.97 bits per heavy atom. The van der Waals surface area contributed by atoms with Gasteiger partial charge in [0, 0.05) is 32.6 Å². The molecule has 0 spiro atoms. The third kappa shape index (κ3) is 6.67. The molecule has 2 aromatic carbocycles. The highest BCUT2D eigenvalue weighted by Crippen LogP contribution is 2.23. The summed E-state index contributed by atoms with van der Waals surface area (Å²) in [6.45, 7) is 3.55. The molecule has 2 aromatic rings. The molecule has 2 N–H and O–H groups in total. The number of halogens is 2. The van der Waals surface area contributed by atoms with E-state index >= 15 is 0 Å². The van der Waals surface area contributed by atoms with Crippen molar-refractivity contribution in [2.75, 3.05) is 33.4 Å². The summed E-state index contributed by atoms with van der Waals surface area (Å²) in [5.41, 5.74) is 2.52. The molecule has 8 heteroatoms. The van der Waals surface area contributed by atoms with E-state index in [1.165, 1.54) is 7.11 Å². The molecule has 0 aliphatic carbocycles. The molecule has 1 aliphatic heterocycles. The molecule has 0 aromatic heterocycles. The number of morpholine rings is 1. The highest BCUT2D eigenvalue weighted by atomic mass is 35.5. The van der Waals surface area contributed by atoms with Gasteiger partial charge >= 0.3 is 5.97 Å². The Morgan fingerprint density at radius 1 is 1.23 bits per heavy atom. The molecule has 1 heterocycles. The predicted molar refractivity (Wildman–Crippen MR) is 117 cm³/mol. The highest BCUT2D eigenvalue weighted by molar-refractivity contribution is 6.42. The SMILES string of the molecule is COC(=O)c1ccc(CC(O)NCC2CN(Cc3ccc(Cl)c(Cl)c3)CCO2)cc1. The first-order valence-corrected chi connectivity index (χ1v) is 10.6. The van der Waals surface area contributed by atoms with Gasteiger partial charge in [0.05, 0.1) is 35.4 Å². The fraction of sp³-hybridized carbons (Fsp3) is 0.409. The zero-order valence-electron chi connectivity index (χ0n) is 16.8. The third-order valence-electron chi connectivity index (χ3n) is 5.00. The number of hydrogen-bond donors (Lipinski definition) is 2. The maximum atomic E-state index is 11.5. The summed E-state index contributed by atoms with van der Waals surface area (Å²) >= 11 is 12.1. The molecule has 2 atom stereocenters. The van der Waals surface area contributed by atoms with Crippen LogP contribution in [0.15, 0.2) is 42.5 Å². The molecule has 0 bridgehead atoms. The van der Waals surface area contributed by atoms with Gasteiger partial charge in [0.1, 0.15) is 6.23 Å². The van der Waals surface area contributed by atoms with Crippen LogP contribution < -0.4 is 5.32 Å². The molecule has 6 nitrogen and oxygen atoms in total. The fourth-order valence-corrected chi connectivity index (χ4v) is 3.72. The number of nitrogens with one attached hydrogen (secondary N) is 1. The van der Waals surface area contributed by atoms with Crippen LogP contribution >= 0.6 is 23.2 Å². The zero-order chi connectivity index (χ0) is 21.5. The van der Waals surface area contributed by atoms with Crippen molar-refractivity contribution >= 4 is 29.2 Å². The lowest BCUT2D eigenvalue weighted by Gasteiger charge is -2.33. The smallest absolute Gasteiger partial charge is 0.337 e. The van der Waals surface area contributed by atoms with Crippen LogP contribution in [-0.2, 0) is 22.4 Å². The van der Waals surface area contributed by atoms with Gasteiger partial charge in [-0.25, -0.2) is 4.79 Å². The molecule has 0 saturated carbocycles. The van der Waals surface area contributed by atoms with E-state index in [1.54, 1.807) is 12.1 Å². The molecule has 162 valence electrons. The maximum absolute atomic E-state index is 11.5. The lowest BCUT2D eigenvalue weighted by Crippen LogP contribution is -2.48. The molecule has 1 saturated heterocycles. The largest absolute Gasteiger partial charge is 0.465 e. The van der Waals surface area contributed by atoms with Crippen LogP contribution in [0.3, 0.4) is 0 Å². The van der Waals surface area contributed by atoms with Gasteiger partial charge in [-0.1, -0.05) is 41.4 Å². The second-order valence-corrected chi connectivity index (χ2v) is 8.11. The minimum atomic E-state index is -0.706. The van der Waals surface area contributed by atoms with E-state index in [9.17, 15) is 9.90 Å². The Labute approximate surface area is 186 Å². The highest BCUT2D eigenvalue weighted by Gasteiger charge is 2.21. The van der Waals surface area contributed by atoms with Crippen LogP contribution in [0, 0.1) is 0 Å². The lowest BCUT2D eigenvalue weighted by molar-refractivity contribution is -0.0361. The minimum Gasteiger partial charge on any atom is -0.465 e. The van der Waals surface area contributed by atoms with Crippen LogP contribution in [0.2, 0.25) is 10.0 Å². The molecular weight excluding hydrogens is 427 g/mol. The summed E-state index contributed by atoms with van der Waals surface area (Å²) in [6, 6.07) is 12.7. The first kappa shape index (κ1) is 23.0. The number of benzene rings is 2. The summed E-state index contributed by atoms with van der Waals surface area (Å²) in [5, 5.41) is 14.6. The van der Waals surface area contributed by atoms with Crippen molar-refractivity contribution in [3.05, 3.63) is 69.2 Å². The van der Waals surface area contributed by atoms with Crippen molar-refractivity contribution in [2.24, 2.45) is 0 Å². The summed E-state index contributed by atoms with van der Waals surface area (Å²) in [6.07, 6.45) is -0.290. The first-order valence-electron chi connectivity index (χ1n) is 9.81. The zero-order valence-corrected chi connectivity index (χ0v) is 18.3. The van der Waals surface area contributed by atoms with E-state index in [-0.39, 0.29) is 12.1 Å². The Hall–Kier alpha value is -1.67. The Kier molecular flexibility index (Phi) is 8.50. The number of carbonyl (C=O) groups excluding carboxylic acids is 1. The molecule has 0 radical (unpaired) electrons. The predicted octanol–water partition coefficient (Wildman–Crippen LogP) is 3.13. The van der Waals surface area contributed by atoms with E-state index in [2.05, 4.69) is 15.0 Å². The van der Waals surface area contributed by atoms with E-state index in [0.29, 0.717) is 35.2 Å². The second kappa shape index (κ2) is 11.1. The Morgan fingerprint density at radius 3 is 2.67 bits per heavy atom. The van der Waals surface area contributed by atoms with Crippen LogP contribution in [0.25, 0.3) is 0 Å². The van der Waals surface area contributed by atoms with Crippen molar-refractivity contribution in [1.29, 1.82) is 0 Å². The van der Waals surface area contributed by atoms with Crippen molar-refractivity contribution in [3.63, 3.8) is 0 Å². The molecule has 2 unspecified atom stereocenters. The van der Waals surface area contributed by atoms with E-state index in [0.717, 1.165) is 30.8 Å². The number of aliphatic hydroxyl groups excluding tert-OH is 1. The minimum absolute atomic E-state index is 0.0159. The topological polar surface area (TPSA) is 71.0 Å². The molecule has 1 fully saturated rings. The van der Waals surface area contributed by atoms with E-state index < -0.39 is 6.23 Å². The summed E-state index contributed by atoms with van der Waals surface area (Å²) in [7, 11) is 1.35. The molecule has 30 heavy (non-hydrogen) atoms. The quantitative estimate of drug-likeness (QED) is 0.473. The number of methoxy groups -OCH3 is 1. The van der Waals surface area contributed by atoms with E-state index in [4.69, 9.17) is 27.9 Å². The number of carbonyl (C=O) groups is 1. The fourth-order valence-electron chi connectivity index (χ4n) is 3.40. The average molecular weight is 453 g/mol. The number of esters is 1. The van der Waals surface area contributed by atoms with Crippen LogP contribution in [-0.4, -0.2) is 61.7 Å². The van der Waals surface area contributed by atoms with Crippen LogP contribution in [0.4, 0.5) is 0 Å². The van der Waals surface area contributed by atoms with Gasteiger partial charge < -0.3 is 14.6 Å². The van der Waals surface area contributed by atoms with Gasteiger partial charge in [-0.15, -0.1) is 0 Å². The van der Waals surface area contributed by atoms with E-state index in [1.807, 2.05) is 30.3 Å². The van der Waals surface area contributed by atoms with Crippen molar-refractivity contribution in [1.82, 2.24) is 10.2 Å². The standard InChI is InChI=1S/C22H26Cl2N2O4/c1-29-22(28)17-5-2-15(3-6-17)11-21(27)25-12-18-14-26(8-9-30-18)13-16-4-7-19(23)20(24)10-16/h2-7,10,18,21,25,27H,8-9,11-14H2,1H3. The number of ether oxygens (including phenoxy) is 2. The van der Waals surface area contributed by atoms with Gasteiger partial charge in [0.15, 0.2) is 0 Å². The normalized spacial score (nSPS) is 18.2. The summed E-state index contributed by atoms with van der Waals surface area (Å²) in [4.78, 5) is 13.8. The summed E-state index contributed by atoms with van der Waals surface area (Å²) < 4.78 is 10.5. The number of hydrogen-bond acceptors (Lipinski definition) is 6. The van der Waals surface area contributed by atoms with Gasteiger partial charge in [-0.3, -0.25) is 10.2 Å². The number of nitrogens with zero attached hydrogens (tertiary/aromatic N) is 1. The first-order chi connectivity index (χ1) is 14.4. The Bertz CT molecular complexity index is 848. The van der Waals surface area contributed by atoms with Crippen molar-refractivity contribution in [2.45, 2.75) is 25.3 Å². The molecule has 0 amide bonds. The molecule has 3 rings (SSSR count). The average Bonchev–Trinajstić information content (AvgIpc) is 2.75. The second-order valence-electron chi connectivity index (χ2n) is 7.29. The van der Waals surface area contributed by atoms with Crippen molar-refractivity contribution < 1.29 is 19.4 Å². The lowest BCUT2D eigenvalue weighted by atomic mass is 10.1. The van der Waals surface area contributed by atoms with Gasteiger partial charge in [-0.2, -0.15) is 0 Å². The third-order valence-corrected chi connectivity index (χ3v) is 5.74. The summed E-state index contributed by atoms with van der Waals surface area (Å²) in [5.74, 6) is -0.375. The number of aliphatic hydroxyl groups is 1. The van der Waals surface area contributed by atoms with Crippen LogP contribution in [0.1, 0.15) is 21.5 Å². The molecular formula is C22H26Cl2N2O4. The Balaban J connectivity index is 1.44. The maximum Gasteiger partial charge on any atom is 0.337 e.